The van der Waals surface area contributed by atoms with Crippen molar-refractivity contribution in [2.24, 2.45) is 11.8 Å². The molecule has 0 spiro atoms. The molecule has 0 saturated heterocycles. The Hall–Kier alpha value is -3.09. The van der Waals surface area contributed by atoms with Crippen molar-refractivity contribution < 1.29 is 32.2 Å². The molecular formula is C39H49F3O4. The summed E-state index contributed by atoms with van der Waals surface area (Å²) in [6, 6.07) is 7.57. The number of hydrogen-bond acceptors (Lipinski definition) is 4. The molecule has 3 saturated carbocycles. The SMILES string of the molecule is C=C1CCCCC1F.Cc1ccc2c(c1CC1CCCC[C@@H]1F)OCC2=O.Cc1ccc2c(c1CC1CCCC[C@H]1F)OCC2=O. The molecule has 2 aromatic carbocycles. The van der Waals surface area contributed by atoms with Crippen molar-refractivity contribution >= 4 is 11.6 Å². The number of allylic oxidation sites excluding steroid dienone is 1. The molecule has 7 rings (SSSR count). The van der Waals surface area contributed by atoms with Crippen molar-refractivity contribution in [1.29, 1.82) is 0 Å². The van der Waals surface area contributed by atoms with Gasteiger partial charge in [-0.2, -0.15) is 0 Å². The molecule has 2 aromatic rings. The molecule has 46 heavy (non-hydrogen) atoms. The molecule has 7 heteroatoms. The Balaban J connectivity index is 0.000000147. The van der Waals surface area contributed by atoms with Crippen molar-refractivity contribution in [1.82, 2.24) is 0 Å². The Labute approximate surface area is 272 Å². The molecule has 3 aliphatic carbocycles. The highest BCUT2D eigenvalue weighted by atomic mass is 19.1. The van der Waals surface area contributed by atoms with E-state index >= 15 is 0 Å². The van der Waals surface area contributed by atoms with Crippen LogP contribution in [-0.2, 0) is 12.8 Å². The van der Waals surface area contributed by atoms with Gasteiger partial charge in [-0.05, 0) is 130 Å². The molecule has 0 N–H and O–H groups in total. The summed E-state index contributed by atoms with van der Waals surface area (Å²) in [5.41, 5.74) is 6.43. The number of rotatable bonds is 4. The fourth-order valence-corrected chi connectivity index (χ4v) is 7.51. The highest BCUT2D eigenvalue weighted by Gasteiger charge is 2.31. The summed E-state index contributed by atoms with van der Waals surface area (Å²) < 4.78 is 51.5. The number of hydrogen-bond donors (Lipinski definition) is 0. The largest absolute Gasteiger partial charge is 0.484 e. The van der Waals surface area contributed by atoms with Crippen LogP contribution in [0.3, 0.4) is 0 Å². The fraction of sp³-hybridized carbons (Fsp3) is 0.590. The smallest absolute Gasteiger partial charge is 0.203 e. The van der Waals surface area contributed by atoms with Gasteiger partial charge in [-0.1, -0.05) is 44.4 Å². The van der Waals surface area contributed by atoms with Crippen LogP contribution < -0.4 is 9.47 Å². The van der Waals surface area contributed by atoms with Crippen molar-refractivity contribution in [3.05, 3.63) is 69.8 Å². The highest BCUT2D eigenvalue weighted by molar-refractivity contribution is 6.03. The monoisotopic (exact) mass is 638 g/mol. The van der Waals surface area contributed by atoms with Crippen LogP contribution in [0, 0.1) is 25.7 Å². The average Bonchev–Trinajstić information content (AvgIpc) is 3.62. The Morgan fingerprint density at radius 2 is 1.09 bits per heavy atom. The van der Waals surface area contributed by atoms with Gasteiger partial charge in [-0.25, -0.2) is 13.2 Å². The van der Waals surface area contributed by atoms with Crippen LogP contribution in [0.4, 0.5) is 13.2 Å². The van der Waals surface area contributed by atoms with Gasteiger partial charge in [0.05, 0.1) is 11.1 Å². The van der Waals surface area contributed by atoms with Crippen LogP contribution >= 0.6 is 0 Å². The molecule has 0 aromatic heterocycles. The molecule has 2 heterocycles. The summed E-state index contributed by atoms with van der Waals surface area (Å²) in [6.45, 7) is 7.91. The summed E-state index contributed by atoms with van der Waals surface area (Å²) >= 11 is 0. The molecule has 5 aliphatic rings. The number of carbonyl (C=O) groups excluding carboxylic acids is 2. The lowest BCUT2D eigenvalue weighted by atomic mass is 9.82. The van der Waals surface area contributed by atoms with Crippen molar-refractivity contribution in [2.45, 2.75) is 122 Å². The fourth-order valence-electron chi connectivity index (χ4n) is 7.51. The van der Waals surface area contributed by atoms with E-state index in [0.717, 1.165) is 85.6 Å². The van der Waals surface area contributed by atoms with E-state index in [0.29, 0.717) is 54.7 Å². The molecule has 250 valence electrons. The maximum absolute atomic E-state index is 14.0. The normalized spacial score (nSPS) is 26.9. The molecule has 0 radical (unpaired) electrons. The third-order valence-electron chi connectivity index (χ3n) is 10.5. The summed E-state index contributed by atoms with van der Waals surface area (Å²) in [5.74, 6) is 1.66. The second kappa shape index (κ2) is 15.7. The van der Waals surface area contributed by atoms with E-state index in [1.807, 2.05) is 38.1 Å². The van der Waals surface area contributed by atoms with Crippen LogP contribution in [0.25, 0.3) is 0 Å². The second-order valence-electron chi connectivity index (χ2n) is 13.8. The zero-order valence-electron chi connectivity index (χ0n) is 27.5. The predicted molar refractivity (Wildman–Crippen MR) is 176 cm³/mol. The van der Waals surface area contributed by atoms with E-state index in [1.54, 1.807) is 0 Å². The summed E-state index contributed by atoms with van der Waals surface area (Å²) in [7, 11) is 0. The molecule has 2 aliphatic heterocycles. The maximum atomic E-state index is 14.0. The highest BCUT2D eigenvalue weighted by Crippen LogP contribution is 2.39. The zero-order chi connectivity index (χ0) is 32.8. The molecule has 4 nitrogen and oxygen atoms in total. The van der Waals surface area contributed by atoms with Gasteiger partial charge in [0.2, 0.25) is 11.6 Å². The number of fused-ring (bicyclic) bond motifs is 2. The van der Waals surface area contributed by atoms with Gasteiger partial charge < -0.3 is 9.47 Å². The van der Waals surface area contributed by atoms with Crippen molar-refractivity contribution in [3.63, 3.8) is 0 Å². The first-order chi connectivity index (χ1) is 22.1. The minimum atomic E-state index is -0.707. The molecule has 0 amide bonds. The lowest BCUT2D eigenvalue weighted by Crippen LogP contribution is -2.23. The summed E-state index contributed by atoms with van der Waals surface area (Å²) in [5, 5.41) is 0. The third kappa shape index (κ3) is 8.06. The Bertz CT molecular complexity index is 1320. The maximum Gasteiger partial charge on any atom is 0.203 e. The third-order valence-corrected chi connectivity index (χ3v) is 10.5. The topological polar surface area (TPSA) is 52.6 Å². The predicted octanol–water partition coefficient (Wildman–Crippen LogP) is 9.74. The van der Waals surface area contributed by atoms with Crippen LogP contribution in [0.15, 0.2) is 36.4 Å². The second-order valence-corrected chi connectivity index (χ2v) is 13.8. The van der Waals surface area contributed by atoms with Gasteiger partial charge in [0.1, 0.15) is 30.0 Å². The summed E-state index contributed by atoms with van der Waals surface area (Å²) in [6.07, 6.45) is 10.5. The zero-order valence-corrected chi connectivity index (χ0v) is 27.5. The number of aryl methyl sites for hydroxylation is 2. The van der Waals surface area contributed by atoms with Crippen molar-refractivity contribution in [3.8, 4) is 11.5 Å². The van der Waals surface area contributed by atoms with Crippen molar-refractivity contribution in [2.75, 3.05) is 13.2 Å². The van der Waals surface area contributed by atoms with Crippen LogP contribution in [0.1, 0.15) is 120 Å². The number of ketones is 2. The minimum Gasteiger partial charge on any atom is -0.484 e. The molecule has 3 fully saturated rings. The van der Waals surface area contributed by atoms with Crippen LogP contribution in [0.2, 0.25) is 0 Å². The Morgan fingerprint density at radius 1 is 0.652 bits per heavy atom. The average molecular weight is 639 g/mol. The van der Waals surface area contributed by atoms with E-state index < -0.39 is 18.5 Å². The van der Waals surface area contributed by atoms with E-state index in [1.165, 1.54) is 0 Å². The van der Waals surface area contributed by atoms with E-state index in [4.69, 9.17) is 9.47 Å². The number of Topliss-reactive ketones (excluding diaryl/α,β-unsaturated/α-hetero) is 2. The van der Waals surface area contributed by atoms with Gasteiger partial charge in [-0.15, -0.1) is 0 Å². The number of alkyl halides is 3. The first-order valence-corrected chi connectivity index (χ1v) is 17.3. The lowest BCUT2D eigenvalue weighted by molar-refractivity contribution is 0.0953. The number of ether oxygens (including phenoxy) is 2. The van der Waals surface area contributed by atoms with Gasteiger partial charge >= 0.3 is 0 Å². The van der Waals surface area contributed by atoms with E-state index in [2.05, 4.69) is 6.58 Å². The lowest BCUT2D eigenvalue weighted by Gasteiger charge is -2.27. The molecular weight excluding hydrogens is 589 g/mol. The molecule has 0 bridgehead atoms. The molecule has 5 atom stereocenters. The summed E-state index contributed by atoms with van der Waals surface area (Å²) in [4.78, 5) is 23.4. The minimum absolute atomic E-state index is 0.0386. The van der Waals surface area contributed by atoms with Crippen LogP contribution in [-0.4, -0.2) is 43.3 Å². The number of halogens is 3. The standard InChI is InChI=1S/2C16H19FO2.C7H11F/c2*1-10-6-7-12-15(18)9-19-16(12)13(10)8-11-4-2-3-5-14(11)17;1-6-4-2-3-5-7(6)8/h2*6-7,11,14H,2-5,8-9H2,1H3;7H,1-5H2/t2*11?,14-;/m10./s1. The van der Waals surface area contributed by atoms with E-state index in [9.17, 15) is 22.8 Å². The molecule has 3 unspecified atom stereocenters. The van der Waals surface area contributed by atoms with Gasteiger partial charge in [0.15, 0.2) is 13.2 Å². The van der Waals surface area contributed by atoms with Gasteiger partial charge in [0.25, 0.3) is 0 Å². The Kier molecular flexibility index (Phi) is 11.7. The first-order valence-electron chi connectivity index (χ1n) is 17.3. The quantitative estimate of drug-likeness (QED) is 0.313. The number of benzene rings is 2. The van der Waals surface area contributed by atoms with Crippen LogP contribution in [0.5, 0.6) is 11.5 Å². The van der Waals surface area contributed by atoms with Gasteiger partial charge in [0, 0.05) is 0 Å². The number of carbonyl (C=O) groups is 2. The Morgan fingerprint density at radius 3 is 1.48 bits per heavy atom. The first kappa shape index (κ1) is 34.3. The van der Waals surface area contributed by atoms with E-state index in [-0.39, 0.29) is 36.6 Å². The van der Waals surface area contributed by atoms with Gasteiger partial charge in [-0.3, -0.25) is 9.59 Å².